The summed E-state index contributed by atoms with van der Waals surface area (Å²) in [5, 5.41) is 6.88. The van der Waals surface area contributed by atoms with Crippen LogP contribution in [0.4, 0.5) is 10.5 Å². The quantitative estimate of drug-likeness (QED) is 0.753. The molecule has 0 spiro atoms. The maximum absolute atomic E-state index is 12.3. The van der Waals surface area contributed by atoms with Crippen LogP contribution >= 0.6 is 0 Å². The number of benzene rings is 2. The molecule has 6 heteroatoms. The molecule has 1 N–H and O–H groups in total. The van der Waals surface area contributed by atoms with Gasteiger partial charge in [-0.25, -0.2) is 4.79 Å². The first-order chi connectivity index (χ1) is 12.5. The van der Waals surface area contributed by atoms with Crippen molar-refractivity contribution in [1.82, 2.24) is 15.0 Å². The molecule has 0 aliphatic heterocycles. The normalized spacial score (nSPS) is 10.6. The number of aryl methyl sites for hydroxylation is 2. The van der Waals surface area contributed by atoms with Crippen LogP contribution in [0.1, 0.15) is 17.0 Å². The van der Waals surface area contributed by atoms with E-state index >= 15 is 0 Å². The van der Waals surface area contributed by atoms with Crippen molar-refractivity contribution in [2.75, 3.05) is 18.9 Å². The van der Waals surface area contributed by atoms with Gasteiger partial charge >= 0.3 is 6.03 Å². The van der Waals surface area contributed by atoms with Gasteiger partial charge in [0.15, 0.2) is 5.82 Å². The van der Waals surface area contributed by atoms with Gasteiger partial charge in [-0.2, -0.15) is 4.98 Å². The first-order valence-corrected chi connectivity index (χ1v) is 8.50. The molecule has 2 amide bonds. The monoisotopic (exact) mass is 350 g/mol. The van der Waals surface area contributed by atoms with E-state index in [1.54, 1.807) is 11.9 Å². The SMILES string of the molecule is Cc1ccc(NC(=O)N(C)CCc2noc(-c3ccccc3)n2)cc1C. The van der Waals surface area contributed by atoms with Gasteiger partial charge in [0.05, 0.1) is 0 Å². The summed E-state index contributed by atoms with van der Waals surface area (Å²) in [6.07, 6.45) is 0.521. The summed E-state index contributed by atoms with van der Waals surface area (Å²) in [7, 11) is 1.74. The molecule has 26 heavy (non-hydrogen) atoms. The van der Waals surface area contributed by atoms with E-state index in [4.69, 9.17) is 4.52 Å². The van der Waals surface area contributed by atoms with Crippen LogP contribution in [0.3, 0.4) is 0 Å². The van der Waals surface area contributed by atoms with Gasteiger partial charge in [0.25, 0.3) is 5.89 Å². The molecule has 3 rings (SSSR count). The number of amides is 2. The van der Waals surface area contributed by atoms with E-state index < -0.39 is 0 Å². The fraction of sp³-hybridized carbons (Fsp3) is 0.250. The van der Waals surface area contributed by atoms with Crippen molar-refractivity contribution in [3.05, 3.63) is 65.5 Å². The van der Waals surface area contributed by atoms with Gasteiger partial charge < -0.3 is 14.7 Å². The zero-order valence-electron chi connectivity index (χ0n) is 15.2. The number of nitrogens with one attached hydrogen (secondary N) is 1. The zero-order chi connectivity index (χ0) is 18.5. The number of nitrogens with zero attached hydrogens (tertiary/aromatic N) is 3. The Kier molecular flexibility index (Phi) is 5.31. The lowest BCUT2D eigenvalue weighted by Gasteiger charge is -2.17. The van der Waals surface area contributed by atoms with Gasteiger partial charge in [-0.05, 0) is 49.2 Å². The first-order valence-electron chi connectivity index (χ1n) is 8.50. The molecule has 134 valence electrons. The number of hydrogen-bond acceptors (Lipinski definition) is 4. The third-order valence-corrected chi connectivity index (χ3v) is 4.26. The largest absolute Gasteiger partial charge is 0.334 e. The molecule has 1 aromatic heterocycles. The predicted molar refractivity (Wildman–Crippen MR) is 101 cm³/mol. The van der Waals surface area contributed by atoms with E-state index in [0.717, 1.165) is 16.8 Å². The Hall–Kier alpha value is -3.15. The van der Waals surface area contributed by atoms with E-state index in [2.05, 4.69) is 15.5 Å². The van der Waals surface area contributed by atoms with Gasteiger partial charge in [-0.3, -0.25) is 0 Å². The molecular formula is C20H22N4O2. The molecule has 0 fully saturated rings. The van der Waals surface area contributed by atoms with E-state index in [-0.39, 0.29) is 6.03 Å². The van der Waals surface area contributed by atoms with Crippen LogP contribution in [0, 0.1) is 13.8 Å². The van der Waals surface area contributed by atoms with Crippen molar-refractivity contribution >= 4 is 11.7 Å². The number of carbonyl (C=O) groups is 1. The Morgan fingerprint density at radius 1 is 1.12 bits per heavy atom. The maximum atomic E-state index is 12.3. The minimum atomic E-state index is -0.167. The van der Waals surface area contributed by atoms with Crippen LogP contribution in [0.15, 0.2) is 53.1 Å². The number of urea groups is 1. The molecular weight excluding hydrogens is 328 g/mol. The fourth-order valence-electron chi connectivity index (χ4n) is 2.46. The summed E-state index contributed by atoms with van der Waals surface area (Å²) in [5.41, 5.74) is 4.01. The molecule has 0 atom stereocenters. The van der Waals surface area contributed by atoms with Gasteiger partial charge in [-0.15, -0.1) is 0 Å². The van der Waals surface area contributed by atoms with Crippen molar-refractivity contribution in [3.8, 4) is 11.5 Å². The van der Waals surface area contributed by atoms with Gasteiger partial charge in [0.1, 0.15) is 0 Å². The van der Waals surface area contributed by atoms with Crippen LogP contribution in [0.25, 0.3) is 11.5 Å². The smallest absolute Gasteiger partial charge is 0.321 e. The van der Waals surface area contributed by atoms with Crippen molar-refractivity contribution in [3.63, 3.8) is 0 Å². The second-order valence-corrected chi connectivity index (χ2v) is 6.28. The summed E-state index contributed by atoms with van der Waals surface area (Å²) in [6, 6.07) is 15.3. The average molecular weight is 350 g/mol. The van der Waals surface area contributed by atoms with E-state index in [1.165, 1.54) is 5.56 Å². The molecule has 0 aliphatic carbocycles. The van der Waals surface area contributed by atoms with Crippen LogP contribution < -0.4 is 5.32 Å². The maximum Gasteiger partial charge on any atom is 0.321 e. The highest BCUT2D eigenvalue weighted by atomic mass is 16.5. The topological polar surface area (TPSA) is 71.3 Å². The highest BCUT2D eigenvalue weighted by molar-refractivity contribution is 5.89. The van der Waals surface area contributed by atoms with Gasteiger partial charge in [0.2, 0.25) is 0 Å². The number of rotatable bonds is 5. The van der Waals surface area contributed by atoms with Gasteiger partial charge in [0, 0.05) is 31.3 Å². The zero-order valence-corrected chi connectivity index (χ0v) is 15.2. The van der Waals surface area contributed by atoms with Crippen molar-refractivity contribution in [2.24, 2.45) is 0 Å². The van der Waals surface area contributed by atoms with Crippen molar-refractivity contribution < 1.29 is 9.32 Å². The molecule has 3 aromatic rings. The third-order valence-electron chi connectivity index (χ3n) is 4.26. The standard InChI is InChI=1S/C20H22N4O2/c1-14-9-10-17(13-15(14)2)21-20(25)24(3)12-11-18-22-19(26-23-18)16-7-5-4-6-8-16/h4-10,13H,11-12H2,1-3H3,(H,21,25). The van der Waals surface area contributed by atoms with Crippen LogP contribution in [0.2, 0.25) is 0 Å². The molecule has 0 aliphatic rings. The van der Waals surface area contributed by atoms with E-state index in [9.17, 15) is 4.79 Å². The molecule has 0 bridgehead atoms. The van der Waals surface area contributed by atoms with Crippen LogP contribution in [-0.4, -0.2) is 34.7 Å². The molecule has 1 heterocycles. The summed E-state index contributed by atoms with van der Waals surface area (Å²) >= 11 is 0. The van der Waals surface area contributed by atoms with Crippen molar-refractivity contribution in [1.29, 1.82) is 0 Å². The molecule has 0 unspecified atom stereocenters. The lowest BCUT2D eigenvalue weighted by molar-refractivity contribution is 0.222. The average Bonchev–Trinajstić information content (AvgIpc) is 3.12. The van der Waals surface area contributed by atoms with Crippen LogP contribution in [0.5, 0.6) is 0 Å². The highest BCUT2D eigenvalue weighted by Crippen LogP contribution is 2.17. The first kappa shape index (κ1) is 17.7. The third kappa shape index (κ3) is 4.27. The number of likely N-dealkylation sites (N-methyl/N-ethyl adjacent to an activating group) is 1. The van der Waals surface area contributed by atoms with Crippen molar-refractivity contribution in [2.45, 2.75) is 20.3 Å². The molecule has 0 radical (unpaired) electrons. The minimum absolute atomic E-state index is 0.167. The summed E-state index contributed by atoms with van der Waals surface area (Å²) in [5.74, 6) is 1.07. The summed E-state index contributed by atoms with van der Waals surface area (Å²) < 4.78 is 5.28. The highest BCUT2D eigenvalue weighted by Gasteiger charge is 2.12. The Morgan fingerprint density at radius 3 is 2.62 bits per heavy atom. The second-order valence-electron chi connectivity index (χ2n) is 6.28. The Balaban J connectivity index is 1.55. The molecule has 0 saturated carbocycles. The molecule has 2 aromatic carbocycles. The second kappa shape index (κ2) is 7.82. The van der Waals surface area contributed by atoms with Gasteiger partial charge in [-0.1, -0.05) is 29.4 Å². The number of carbonyl (C=O) groups excluding carboxylic acids is 1. The van der Waals surface area contributed by atoms with E-state index in [1.807, 2.05) is 62.4 Å². The predicted octanol–water partition coefficient (Wildman–Crippen LogP) is 4.06. The Labute approximate surface area is 152 Å². The number of aromatic nitrogens is 2. The molecule has 0 saturated heterocycles. The number of hydrogen-bond donors (Lipinski definition) is 1. The molecule has 6 nitrogen and oxygen atoms in total. The van der Waals surface area contributed by atoms with Crippen LogP contribution in [-0.2, 0) is 6.42 Å². The lowest BCUT2D eigenvalue weighted by atomic mass is 10.1. The Morgan fingerprint density at radius 2 is 1.88 bits per heavy atom. The Bertz CT molecular complexity index is 890. The summed E-state index contributed by atoms with van der Waals surface area (Å²) in [6.45, 7) is 4.56. The summed E-state index contributed by atoms with van der Waals surface area (Å²) in [4.78, 5) is 18.3. The number of anilines is 1. The fourth-order valence-corrected chi connectivity index (χ4v) is 2.46. The lowest BCUT2D eigenvalue weighted by Crippen LogP contribution is -2.33. The minimum Gasteiger partial charge on any atom is -0.334 e. The van der Waals surface area contributed by atoms with E-state index in [0.29, 0.717) is 24.7 Å².